The van der Waals surface area contributed by atoms with E-state index in [-0.39, 0.29) is 6.10 Å². The van der Waals surface area contributed by atoms with Crippen LogP contribution >= 0.6 is 0 Å². The molecule has 4 nitrogen and oxygen atoms in total. The number of hydrogen-bond acceptors (Lipinski definition) is 4. The van der Waals surface area contributed by atoms with Crippen LogP contribution in [-0.4, -0.2) is 32.0 Å². The molecule has 0 aliphatic heterocycles. The Morgan fingerprint density at radius 1 is 1.20 bits per heavy atom. The van der Waals surface area contributed by atoms with Gasteiger partial charge in [0.15, 0.2) is 0 Å². The first-order chi connectivity index (χ1) is 9.74. The fourth-order valence-electron chi connectivity index (χ4n) is 2.82. The number of hydrogen-bond donors (Lipinski definition) is 2. The minimum Gasteiger partial charge on any atom is -0.497 e. The Morgan fingerprint density at radius 3 is 2.70 bits per heavy atom. The standard InChI is InChI=1S/C16H25NO3/c1-19-14-8-7-13(16(9-14)20-2)11-17-10-12-5-3-4-6-15(12)18/h7-9,12,15,17-18H,3-6,10-11H2,1-2H3. The molecule has 20 heavy (non-hydrogen) atoms. The third-order valence-corrected chi connectivity index (χ3v) is 4.09. The van der Waals surface area contributed by atoms with E-state index in [1.165, 1.54) is 6.42 Å². The average molecular weight is 279 g/mol. The summed E-state index contributed by atoms with van der Waals surface area (Å²) in [5.74, 6) is 2.02. The van der Waals surface area contributed by atoms with Gasteiger partial charge in [-0.05, 0) is 24.8 Å². The molecule has 1 aliphatic rings. The number of aliphatic hydroxyl groups is 1. The van der Waals surface area contributed by atoms with E-state index in [4.69, 9.17) is 9.47 Å². The number of aliphatic hydroxyl groups excluding tert-OH is 1. The summed E-state index contributed by atoms with van der Waals surface area (Å²) in [5, 5.41) is 13.4. The van der Waals surface area contributed by atoms with Crippen LogP contribution in [0.4, 0.5) is 0 Å². The summed E-state index contributed by atoms with van der Waals surface area (Å²) in [4.78, 5) is 0. The van der Waals surface area contributed by atoms with Gasteiger partial charge in [-0.3, -0.25) is 0 Å². The van der Waals surface area contributed by atoms with Crippen molar-refractivity contribution in [1.82, 2.24) is 5.32 Å². The van der Waals surface area contributed by atoms with Crippen LogP contribution < -0.4 is 14.8 Å². The van der Waals surface area contributed by atoms with Crippen LogP contribution in [0.1, 0.15) is 31.2 Å². The summed E-state index contributed by atoms with van der Waals surface area (Å²) >= 11 is 0. The van der Waals surface area contributed by atoms with Gasteiger partial charge in [0.2, 0.25) is 0 Å². The van der Waals surface area contributed by atoms with E-state index in [1.54, 1.807) is 14.2 Å². The summed E-state index contributed by atoms with van der Waals surface area (Å²) in [6.07, 6.45) is 4.31. The van der Waals surface area contributed by atoms with Crippen LogP contribution in [0.5, 0.6) is 11.5 Å². The second-order valence-corrected chi connectivity index (χ2v) is 5.42. The molecule has 0 bridgehead atoms. The van der Waals surface area contributed by atoms with Gasteiger partial charge in [-0.2, -0.15) is 0 Å². The van der Waals surface area contributed by atoms with Crippen LogP contribution in [0.3, 0.4) is 0 Å². The van der Waals surface area contributed by atoms with Crippen molar-refractivity contribution in [2.75, 3.05) is 20.8 Å². The first-order valence-corrected chi connectivity index (χ1v) is 7.34. The zero-order chi connectivity index (χ0) is 14.4. The fourth-order valence-corrected chi connectivity index (χ4v) is 2.82. The van der Waals surface area contributed by atoms with E-state index in [0.29, 0.717) is 5.92 Å². The van der Waals surface area contributed by atoms with E-state index in [1.807, 2.05) is 18.2 Å². The molecule has 0 amide bonds. The monoisotopic (exact) mass is 279 g/mol. The summed E-state index contributed by atoms with van der Waals surface area (Å²) < 4.78 is 10.6. The van der Waals surface area contributed by atoms with E-state index in [0.717, 1.165) is 49.4 Å². The lowest BCUT2D eigenvalue weighted by Crippen LogP contribution is -2.33. The lowest BCUT2D eigenvalue weighted by Gasteiger charge is -2.27. The van der Waals surface area contributed by atoms with Crippen LogP contribution in [-0.2, 0) is 6.54 Å². The maximum atomic E-state index is 9.95. The molecule has 1 fully saturated rings. The summed E-state index contributed by atoms with van der Waals surface area (Å²) in [5.41, 5.74) is 1.11. The maximum absolute atomic E-state index is 9.95. The van der Waals surface area contributed by atoms with Gasteiger partial charge in [-0.25, -0.2) is 0 Å². The normalized spacial score (nSPS) is 22.6. The molecule has 1 aliphatic carbocycles. The SMILES string of the molecule is COc1ccc(CNCC2CCCCC2O)c(OC)c1. The zero-order valence-electron chi connectivity index (χ0n) is 12.4. The third kappa shape index (κ3) is 3.87. The number of rotatable bonds is 6. The van der Waals surface area contributed by atoms with Gasteiger partial charge in [-0.1, -0.05) is 18.9 Å². The Balaban J connectivity index is 1.87. The third-order valence-electron chi connectivity index (χ3n) is 4.09. The number of methoxy groups -OCH3 is 2. The molecular formula is C16H25NO3. The molecule has 2 N–H and O–H groups in total. The second kappa shape index (κ2) is 7.50. The molecule has 0 spiro atoms. The van der Waals surface area contributed by atoms with Crippen LogP contribution in [0.25, 0.3) is 0 Å². The highest BCUT2D eigenvalue weighted by Gasteiger charge is 2.22. The molecule has 1 aromatic rings. The zero-order valence-corrected chi connectivity index (χ0v) is 12.4. The minimum absolute atomic E-state index is 0.144. The Morgan fingerprint density at radius 2 is 2.00 bits per heavy atom. The Labute approximate surface area is 121 Å². The van der Waals surface area contributed by atoms with Gasteiger partial charge in [-0.15, -0.1) is 0 Å². The largest absolute Gasteiger partial charge is 0.497 e. The van der Waals surface area contributed by atoms with Gasteiger partial charge < -0.3 is 19.9 Å². The predicted octanol–water partition coefficient (Wildman–Crippen LogP) is 2.34. The lowest BCUT2D eigenvalue weighted by atomic mass is 9.86. The van der Waals surface area contributed by atoms with E-state index < -0.39 is 0 Å². The van der Waals surface area contributed by atoms with Crippen LogP contribution in [0.15, 0.2) is 18.2 Å². The highest BCUT2D eigenvalue weighted by Crippen LogP contribution is 2.26. The van der Waals surface area contributed by atoms with Gasteiger partial charge in [0.05, 0.1) is 20.3 Å². The maximum Gasteiger partial charge on any atom is 0.127 e. The van der Waals surface area contributed by atoms with Crippen molar-refractivity contribution in [1.29, 1.82) is 0 Å². The number of benzene rings is 1. The first-order valence-electron chi connectivity index (χ1n) is 7.34. The molecule has 112 valence electrons. The van der Waals surface area contributed by atoms with Gasteiger partial charge >= 0.3 is 0 Å². The van der Waals surface area contributed by atoms with Crippen molar-refractivity contribution >= 4 is 0 Å². The number of nitrogens with one attached hydrogen (secondary N) is 1. The summed E-state index contributed by atoms with van der Waals surface area (Å²) in [6, 6.07) is 5.85. The van der Waals surface area contributed by atoms with E-state index in [9.17, 15) is 5.11 Å². The molecule has 1 saturated carbocycles. The first kappa shape index (κ1) is 15.1. The second-order valence-electron chi connectivity index (χ2n) is 5.42. The quantitative estimate of drug-likeness (QED) is 0.839. The topological polar surface area (TPSA) is 50.7 Å². The molecule has 0 heterocycles. The summed E-state index contributed by atoms with van der Waals surface area (Å²) in [6.45, 7) is 1.60. The molecule has 2 unspecified atom stereocenters. The van der Waals surface area contributed by atoms with Crippen molar-refractivity contribution in [3.05, 3.63) is 23.8 Å². The van der Waals surface area contributed by atoms with Gasteiger partial charge in [0, 0.05) is 24.7 Å². The van der Waals surface area contributed by atoms with Crippen molar-refractivity contribution in [3.63, 3.8) is 0 Å². The highest BCUT2D eigenvalue weighted by atomic mass is 16.5. The lowest BCUT2D eigenvalue weighted by molar-refractivity contribution is 0.0695. The van der Waals surface area contributed by atoms with Crippen molar-refractivity contribution in [3.8, 4) is 11.5 Å². The van der Waals surface area contributed by atoms with Gasteiger partial charge in [0.1, 0.15) is 11.5 Å². The molecule has 2 atom stereocenters. The molecule has 1 aromatic carbocycles. The van der Waals surface area contributed by atoms with Crippen LogP contribution in [0, 0.1) is 5.92 Å². The molecular weight excluding hydrogens is 254 g/mol. The predicted molar refractivity (Wildman–Crippen MR) is 79.2 cm³/mol. The van der Waals surface area contributed by atoms with Gasteiger partial charge in [0.25, 0.3) is 0 Å². The average Bonchev–Trinajstić information content (AvgIpc) is 2.49. The summed E-state index contributed by atoms with van der Waals surface area (Å²) in [7, 11) is 3.32. The van der Waals surface area contributed by atoms with Crippen molar-refractivity contribution in [2.45, 2.75) is 38.3 Å². The van der Waals surface area contributed by atoms with E-state index >= 15 is 0 Å². The molecule has 4 heteroatoms. The fraction of sp³-hybridized carbons (Fsp3) is 0.625. The molecule has 0 saturated heterocycles. The van der Waals surface area contributed by atoms with Crippen molar-refractivity contribution in [2.24, 2.45) is 5.92 Å². The molecule has 0 radical (unpaired) electrons. The molecule has 0 aromatic heterocycles. The van der Waals surface area contributed by atoms with Crippen LogP contribution in [0.2, 0.25) is 0 Å². The highest BCUT2D eigenvalue weighted by molar-refractivity contribution is 5.40. The minimum atomic E-state index is -0.144. The Kier molecular flexibility index (Phi) is 5.68. The smallest absolute Gasteiger partial charge is 0.127 e. The molecule has 2 rings (SSSR count). The number of ether oxygens (including phenoxy) is 2. The Hall–Kier alpha value is -1.26. The van der Waals surface area contributed by atoms with Crippen molar-refractivity contribution < 1.29 is 14.6 Å². The Bertz CT molecular complexity index is 422. The van der Waals surface area contributed by atoms with E-state index in [2.05, 4.69) is 5.32 Å².